The molecule has 0 aliphatic carbocycles. The van der Waals surface area contributed by atoms with E-state index >= 15 is 0 Å². The van der Waals surface area contributed by atoms with E-state index in [1.807, 2.05) is 20.8 Å². The van der Waals surface area contributed by atoms with Crippen molar-refractivity contribution in [2.75, 3.05) is 6.54 Å². The Morgan fingerprint density at radius 2 is 1.82 bits per heavy atom. The van der Waals surface area contributed by atoms with Crippen molar-refractivity contribution in [3.63, 3.8) is 0 Å². The van der Waals surface area contributed by atoms with Gasteiger partial charge in [-0.2, -0.15) is 0 Å². The Labute approximate surface area is 102 Å². The Morgan fingerprint density at radius 3 is 2.29 bits per heavy atom. The predicted molar refractivity (Wildman–Crippen MR) is 67.2 cm³/mol. The second-order valence-corrected chi connectivity index (χ2v) is 4.61. The number of hydrogen-bond donors (Lipinski definition) is 4. The van der Waals surface area contributed by atoms with Gasteiger partial charge >= 0.3 is 6.03 Å². The molecule has 0 radical (unpaired) electrons. The van der Waals surface area contributed by atoms with Crippen molar-refractivity contribution < 1.29 is 9.59 Å². The summed E-state index contributed by atoms with van der Waals surface area (Å²) < 4.78 is 0. The Hall–Kier alpha value is -1.30. The van der Waals surface area contributed by atoms with E-state index in [0.29, 0.717) is 6.54 Å². The van der Waals surface area contributed by atoms with Gasteiger partial charge in [0.25, 0.3) is 0 Å². The first-order chi connectivity index (χ1) is 7.84. The van der Waals surface area contributed by atoms with Crippen LogP contribution in [0.1, 0.15) is 33.6 Å². The van der Waals surface area contributed by atoms with Crippen LogP contribution in [0.25, 0.3) is 0 Å². The lowest BCUT2D eigenvalue weighted by atomic mass is 10.0. The number of urea groups is 1. The van der Waals surface area contributed by atoms with Gasteiger partial charge in [0.1, 0.15) is 0 Å². The first-order valence-electron chi connectivity index (χ1n) is 5.93. The van der Waals surface area contributed by atoms with E-state index < -0.39 is 12.1 Å². The van der Waals surface area contributed by atoms with Crippen molar-refractivity contribution in [1.29, 1.82) is 0 Å². The van der Waals surface area contributed by atoms with E-state index in [9.17, 15) is 9.59 Å². The molecule has 2 atom stereocenters. The fraction of sp³-hybridized carbons (Fsp3) is 0.818. The van der Waals surface area contributed by atoms with Crippen molar-refractivity contribution >= 4 is 11.9 Å². The smallest absolute Gasteiger partial charge is 0.312 e. The Balaban J connectivity index is 3.74. The van der Waals surface area contributed by atoms with E-state index in [1.165, 1.54) is 0 Å². The van der Waals surface area contributed by atoms with Crippen molar-refractivity contribution in [3.05, 3.63) is 0 Å². The van der Waals surface area contributed by atoms with Crippen LogP contribution in [0.3, 0.4) is 0 Å². The molecule has 6 N–H and O–H groups in total. The summed E-state index contributed by atoms with van der Waals surface area (Å²) in [4.78, 5) is 22.0. The Morgan fingerprint density at radius 1 is 1.24 bits per heavy atom. The SMILES string of the molecule is CC(CCCNC(N)=O)NC(=O)C(N)C(C)C. The van der Waals surface area contributed by atoms with Crippen LogP contribution in [-0.4, -0.2) is 30.6 Å². The van der Waals surface area contributed by atoms with Crippen LogP contribution in [0.15, 0.2) is 0 Å². The van der Waals surface area contributed by atoms with Crippen LogP contribution in [0.5, 0.6) is 0 Å². The third kappa shape index (κ3) is 7.57. The molecule has 2 unspecified atom stereocenters. The highest BCUT2D eigenvalue weighted by Crippen LogP contribution is 2.01. The van der Waals surface area contributed by atoms with Crippen LogP contribution in [-0.2, 0) is 4.79 Å². The quantitative estimate of drug-likeness (QED) is 0.470. The molecule has 0 rings (SSSR count). The highest BCUT2D eigenvalue weighted by molar-refractivity contribution is 5.81. The van der Waals surface area contributed by atoms with Crippen LogP contribution in [0.4, 0.5) is 4.79 Å². The number of nitrogens with one attached hydrogen (secondary N) is 2. The molecule has 6 heteroatoms. The molecule has 0 spiro atoms. The van der Waals surface area contributed by atoms with Crippen molar-refractivity contribution in [1.82, 2.24) is 10.6 Å². The van der Waals surface area contributed by atoms with Gasteiger partial charge < -0.3 is 22.1 Å². The summed E-state index contributed by atoms with van der Waals surface area (Å²) in [5, 5.41) is 5.34. The molecule has 0 heterocycles. The minimum atomic E-state index is -0.525. The zero-order chi connectivity index (χ0) is 13.4. The number of primary amides is 1. The van der Waals surface area contributed by atoms with Crippen molar-refractivity contribution in [2.45, 2.75) is 45.7 Å². The third-order valence-electron chi connectivity index (χ3n) is 2.52. The number of rotatable bonds is 7. The molecule has 0 fully saturated rings. The number of hydrogen-bond acceptors (Lipinski definition) is 3. The minimum absolute atomic E-state index is 0.0435. The number of carbonyl (C=O) groups excluding carboxylic acids is 2. The predicted octanol–water partition coefficient (Wildman–Crippen LogP) is -0.0771. The summed E-state index contributed by atoms with van der Waals surface area (Å²) in [6.45, 7) is 6.25. The number of nitrogens with two attached hydrogens (primary N) is 2. The molecular weight excluding hydrogens is 220 g/mol. The standard InChI is InChI=1S/C11H24N4O2/c1-7(2)9(12)10(16)15-8(3)5-4-6-14-11(13)17/h7-9H,4-6,12H2,1-3H3,(H,15,16)(H3,13,14,17). The molecule has 0 saturated carbocycles. The van der Waals surface area contributed by atoms with Gasteiger partial charge in [0, 0.05) is 12.6 Å². The molecule has 0 aliphatic rings. The summed E-state index contributed by atoms with van der Waals surface area (Å²) in [6.07, 6.45) is 1.54. The van der Waals surface area contributed by atoms with Gasteiger partial charge in [0.05, 0.1) is 6.04 Å². The fourth-order valence-corrected chi connectivity index (χ4v) is 1.33. The average molecular weight is 244 g/mol. The van der Waals surface area contributed by atoms with E-state index in [2.05, 4.69) is 10.6 Å². The lowest BCUT2D eigenvalue weighted by molar-refractivity contribution is -0.123. The maximum Gasteiger partial charge on any atom is 0.312 e. The Kier molecular flexibility index (Phi) is 7.29. The van der Waals surface area contributed by atoms with Gasteiger partial charge in [-0.25, -0.2) is 4.79 Å². The fourth-order valence-electron chi connectivity index (χ4n) is 1.33. The minimum Gasteiger partial charge on any atom is -0.352 e. The lowest BCUT2D eigenvalue weighted by Gasteiger charge is -2.19. The highest BCUT2D eigenvalue weighted by atomic mass is 16.2. The lowest BCUT2D eigenvalue weighted by Crippen LogP contribution is -2.47. The molecule has 0 bridgehead atoms. The molecule has 0 aromatic rings. The van der Waals surface area contributed by atoms with Gasteiger partial charge in [-0.3, -0.25) is 4.79 Å². The summed E-state index contributed by atoms with van der Waals surface area (Å²) >= 11 is 0. The van der Waals surface area contributed by atoms with Crippen LogP contribution in [0.2, 0.25) is 0 Å². The van der Waals surface area contributed by atoms with E-state index in [0.717, 1.165) is 12.8 Å². The highest BCUT2D eigenvalue weighted by Gasteiger charge is 2.18. The molecular formula is C11H24N4O2. The number of carbonyl (C=O) groups is 2. The molecule has 0 saturated heterocycles. The normalized spacial score (nSPS) is 14.2. The molecule has 0 aromatic heterocycles. The maximum atomic E-state index is 11.6. The second-order valence-electron chi connectivity index (χ2n) is 4.61. The van der Waals surface area contributed by atoms with Crippen molar-refractivity contribution in [3.8, 4) is 0 Å². The first-order valence-corrected chi connectivity index (χ1v) is 5.93. The zero-order valence-electron chi connectivity index (χ0n) is 10.8. The average Bonchev–Trinajstić information content (AvgIpc) is 2.22. The van der Waals surface area contributed by atoms with Gasteiger partial charge in [-0.05, 0) is 25.7 Å². The Bertz CT molecular complexity index is 256. The maximum absolute atomic E-state index is 11.6. The van der Waals surface area contributed by atoms with E-state index in [-0.39, 0.29) is 17.9 Å². The number of amides is 3. The van der Waals surface area contributed by atoms with Gasteiger partial charge in [0.2, 0.25) is 5.91 Å². The van der Waals surface area contributed by atoms with E-state index in [1.54, 1.807) is 0 Å². The molecule has 0 aliphatic heterocycles. The largest absolute Gasteiger partial charge is 0.352 e. The van der Waals surface area contributed by atoms with Crippen LogP contribution in [0, 0.1) is 5.92 Å². The third-order valence-corrected chi connectivity index (χ3v) is 2.52. The van der Waals surface area contributed by atoms with E-state index in [4.69, 9.17) is 11.5 Å². The summed E-state index contributed by atoms with van der Waals surface area (Å²) in [6, 6.07) is -0.952. The summed E-state index contributed by atoms with van der Waals surface area (Å²) in [5.41, 5.74) is 10.6. The molecule has 3 amide bonds. The molecule has 100 valence electrons. The molecule has 17 heavy (non-hydrogen) atoms. The van der Waals surface area contributed by atoms with Gasteiger partial charge in [-0.1, -0.05) is 13.8 Å². The summed E-state index contributed by atoms with van der Waals surface area (Å²) in [7, 11) is 0. The zero-order valence-corrected chi connectivity index (χ0v) is 10.8. The summed E-state index contributed by atoms with van der Waals surface area (Å²) in [5.74, 6) is -0.00547. The first kappa shape index (κ1) is 15.7. The van der Waals surface area contributed by atoms with Crippen LogP contribution >= 0.6 is 0 Å². The van der Waals surface area contributed by atoms with Crippen molar-refractivity contribution in [2.24, 2.45) is 17.4 Å². The topological polar surface area (TPSA) is 110 Å². The van der Waals surface area contributed by atoms with Gasteiger partial charge in [-0.15, -0.1) is 0 Å². The molecule has 0 aromatic carbocycles. The second kappa shape index (κ2) is 7.89. The van der Waals surface area contributed by atoms with Gasteiger partial charge in [0.15, 0.2) is 0 Å². The monoisotopic (exact) mass is 244 g/mol. The molecule has 6 nitrogen and oxygen atoms in total. The van der Waals surface area contributed by atoms with Crippen LogP contribution < -0.4 is 22.1 Å².